The lowest BCUT2D eigenvalue weighted by atomic mass is 10.1. The van der Waals surface area contributed by atoms with Crippen LogP contribution in [-0.2, 0) is 24.8 Å². The summed E-state index contributed by atoms with van der Waals surface area (Å²) in [6, 6.07) is 5.61. The molecule has 10 heteroatoms. The van der Waals surface area contributed by atoms with Gasteiger partial charge in [0, 0.05) is 43.9 Å². The number of rotatable bonds is 10. The molecule has 162 valence electrons. The van der Waals surface area contributed by atoms with Crippen molar-refractivity contribution in [1.29, 1.82) is 0 Å². The fourth-order valence-corrected chi connectivity index (χ4v) is 3.05. The molecule has 0 fully saturated rings. The summed E-state index contributed by atoms with van der Waals surface area (Å²) in [7, 11) is 3.64. The van der Waals surface area contributed by atoms with Gasteiger partial charge in [0.1, 0.15) is 12.4 Å². The second-order valence-corrected chi connectivity index (χ2v) is 7.27. The second kappa shape index (κ2) is 14.0. The average Bonchev–Trinajstić information content (AvgIpc) is 2.99. The summed E-state index contributed by atoms with van der Waals surface area (Å²) in [6.07, 6.45) is 2.69. The summed E-state index contributed by atoms with van der Waals surface area (Å²) in [5.41, 5.74) is 1.09. The van der Waals surface area contributed by atoms with Crippen molar-refractivity contribution in [2.75, 3.05) is 26.8 Å². The van der Waals surface area contributed by atoms with E-state index < -0.39 is 0 Å². The summed E-state index contributed by atoms with van der Waals surface area (Å²) >= 11 is 12.2. The van der Waals surface area contributed by atoms with Crippen LogP contribution in [0.15, 0.2) is 23.2 Å². The predicted molar refractivity (Wildman–Crippen MR) is 130 cm³/mol. The first-order chi connectivity index (χ1) is 13.5. The minimum atomic E-state index is 0. The maximum absolute atomic E-state index is 6.24. The number of ether oxygens (including phenoxy) is 1. The maximum Gasteiger partial charge on any atom is 0.191 e. The van der Waals surface area contributed by atoms with Crippen molar-refractivity contribution in [1.82, 2.24) is 25.4 Å². The standard InChI is InChI=1S/C19H28Cl2N6O.HI/c1-14-25-26-18(27(14)2)13-24-19(23-10-5-11-28-3)22-9-4-6-15-7-8-16(20)12-17(15)21;/h7-8,12H,4-6,9-11,13H2,1-3H3,(H2,22,23,24);1H. The molecule has 0 aliphatic carbocycles. The molecule has 0 saturated heterocycles. The molecule has 0 radical (unpaired) electrons. The molecule has 1 aromatic heterocycles. The summed E-state index contributed by atoms with van der Waals surface area (Å²) in [6.45, 7) is 4.63. The van der Waals surface area contributed by atoms with Gasteiger partial charge in [-0.1, -0.05) is 29.3 Å². The molecular weight excluding hydrogens is 526 g/mol. The number of hydrogen-bond donors (Lipinski definition) is 2. The lowest BCUT2D eigenvalue weighted by Crippen LogP contribution is -2.38. The molecule has 1 heterocycles. The fraction of sp³-hybridized carbons (Fsp3) is 0.526. The molecule has 0 bridgehead atoms. The van der Waals surface area contributed by atoms with E-state index in [1.54, 1.807) is 13.2 Å². The molecular formula is C19H29Cl2IN6O. The molecule has 2 aromatic rings. The maximum atomic E-state index is 6.24. The van der Waals surface area contributed by atoms with Gasteiger partial charge in [-0.2, -0.15) is 0 Å². The van der Waals surface area contributed by atoms with Gasteiger partial charge >= 0.3 is 0 Å². The fourth-order valence-electron chi connectivity index (χ4n) is 2.55. The Labute approximate surface area is 199 Å². The number of nitrogens with zero attached hydrogens (tertiary/aromatic N) is 4. The molecule has 2 N–H and O–H groups in total. The van der Waals surface area contributed by atoms with Crippen LogP contribution in [0.5, 0.6) is 0 Å². The van der Waals surface area contributed by atoms with Crippen LogP contribution in [0, 0.1) is 6.92 Å². The third kappa shape index (κ3) is 9.06. The van der Waals surface area contributed by atoms with E-state index >= 15 is 0 Å². The van der Waals surface area contributed by atoms with Gasteiger partial charge in [0.25, 0.3) is 0 Å². The zero-order valence-electron chi connectivity index (χ0n) is 17.0. The van der Waals surface area contributed by atoms with E-state index in [0.29, 0.717) is 23.2 Å². The number of guanidine groups is 1. The van der Waals surface area contributed by atoms with Crippen LogP contribution in [0.3, 0.4) is 0 Å². The Balaban J connectivity index is 0.00000420. The third-order valence-corrected chi connectivity index (χ3v) is 4.90. The number of halogens is 3. The molecule has 29 heavy (non-hydrogen) atoms. The van der Waals surface area contributed by atoms with Gasteiger partial charge in [0.05, 0.1) is 0 Å². The van der Waals surface area contributed by atoms with E-state index in [1.165, 1.54) is 0 Å². The molecule has 7 nitrogen and oxygen atoms in total. The van der Waals surface area contributed by atoms with Crippen LogP contribution in [-0.4, -0.2) is 47.5 Å². The van der Waals surface area contributed by atoms with Gasteiger partial charge in [-0.25, -0.2) is 4.99 Å². The van der Waals surface area contributed by atoms with E-state index in [0.717, 1.165) is 55.5 Å². The SMILES string of the molecule is COCCCNC(=NCc1nnc(C)n1C)NCCCc1ccc(Cl)cc1Cl.I. The first-order valence-corrected chi connectivity index (χ1v) is 10.1. The highest BCUT2D eigenvalue weighted by Crippen LogP contribution is 2.21. The Morgan fingerprint density at radius 1 is 1.17 bits per heavy atom. The average molecular weight is 555 g/mol. The number of aromatic nitrogens is 3. The summed E-state index contributed by atoms with van der Waals surface area (Å²) in [5, 5.41) is 16.3. The van der Waals surface area contributed by atoms with Crippen LogP contribution < -0.4 is 10.6 Å². The highest BCUT2D eigenvalue weighted by molar-refractivity contribution is 14.0. The normalized spacial score (nSPS) is 11.3. The minimum Gasteiger partial charge on any atom is -0.385 e. The molecule has 0 amide bonds. The van der Waals surface area contributed by atoms with Crippen LogP contribution in [0.25, 0.3) is 0 Å². The lowest BCUT2D eigenvalue weighted by molar-refractivity contribution is 0.195. The number of methoxy groups -OCH3 is 1. The zero-order chi connectivity index (χ0) is 20.4. The van der Waals surface area contributed by atoms with E-state index in [2.05, 4.69) is 25.8 Å². The van der Waals surface area contributed by atoms with Gasteiger partial charge in [0.15, 0.2) is 11.8 Å². The van der Waals surface area contributed by atoms with E-state index in [9.17, 15) is 0 Å². The number of aliphatic imine (C=N–C) groups is 1. The number of hydrogen-bond acceptors (Lipinski definition) is 4. The summed E-state index contributed by atoms with van der Waals surface area (Å²) < 4.78 is 7.03. The topological polar surface area (TPSA) is 76.4 Å². The third-order valence-electron chi connectivity index (χ3n) is 4.31. The number of aryl methyl sites for hydroxylation is 2. The molecule has 0 unspecified atom stereocenters. The van der Waals surface area contributed by atoms with Crippen molar-refractivity contribution in [3.63, 3.8) is 0 Å². The quantitative estimate of drug-likeness (QED) is 0.202. The molecule has 1 aromatic carbocycles. The van der Waals surface area contributed by atoms with Crippen LogP contribution in [0.1, 0.15) is 30.1 Å². The molecule has 2 rings (SSSR count). The van der Waals surface area contributed by atoms with Crippen LogP contribution >= 0.6 is 47.2 Å². The van der Waals surface area contributed by atoms with E-state index in [1.807, 2.05) is 30.7 Å². The van der Waals surface area contributed by atoms with Gasteiger partial charge < -0.3 is 19.9 Å². The smallest absolute Gasteiger partial charge is 0.191 e. The Bertz CT molecular complexity index is 784. The van der Waals surface area contributed by atoms with Gasteiger partial charge in [-0.05, 0) is 43.9 Å². The molecule has 0 atom stereocenters. The highest BCUT2D eigenvalue weighted by atomic mass is 127. The van der Waals surface area contributed by atoms with E-state index in [4.69, 9.17) is 27.9 Å². The monoisotopic (exact) mass is 554 g/mol. The van der Waals surface area contributed by atoms with Gasteiger partial charge in [0.2, 0.25) is 0 Å². The first-order valence-electron chi connectivity index (χ1n) is 9.31. The molecule has 0 saturated carbocycles. The van der Waals surface area contributed by atoms with Gasteiger partial charge in [-0.15, -0.1) is 34.2 Å². The number of nitrogens with one attached hydrogen (secondary N) is 2. The van der Waals surface area contributed by atoms with Crippen molar-refractivity contribution >= 4 is 53.1 Å². The highest BCUT2D eigenvalue weighted by Gasteiger charge is 2.06. The Morgan fingerprint density at radius 2 is 1.90 bits per heavy atom. The predicted octanol–water partition coefficient (Wildman–Crippen LogP) is 3.75. The summed E-state index contributed by atoms with van der Waals surface area (Å²) in [5.74, 6) is 2.44. The largest absolute Gasteiger partial charge is 0.385 e. The zero-order valence-corrected chi connectivity index (χ0v) is 20.9. The molecule has 0 aliphatic rings. The van der Waals surface area contributed by atoms with Crippen molar-refractivity contribution in [3.05, 3.63) is 45.5 Å². The van der Waals surface area contributed by atoms with Crippen molar-refractivity contribution < 1.29 is 4.74 Å². The van der Waals surface area contributed by atoms with E-state index in [-0.39, 0.29) is 24.0 Å². The lowest BCUT2D eigenvalue weighted by Gasteiger charge is -2.13. The molecule has 0 aliphatic heterocycles. The van der Waals surface area contributed by atoms with Crippen molar-refractivity contribution in [2.45, 2.75) is 32.7 Å². The van der Waals surface area contributed by atoms with Gasteiger partial charge in [-0.3, -0.25) is 0 Å². The van der Waals surface area contributed by atoms with Crippen LogP contribution in [0.2, 0.25) is 10.0 Å². The second-order valence-electron chi connectivity index (χ2n) is 6.43. The van der Waals surface area contributed by atoms with Crippen molar-refractivity contribution in [3.8, 4) is 0 Å². The minimum absolute atomic E-state index is 0. The Kier molecular flexibility index (Phi) is 12.5. The Hall–Kier alpha value is -1.10. The Morgan fingerprint density at radius 3 is 2.52 bits per heavy atom. The number of benzene rings is 1. The summed E-state index contributed by atoms with van der Waals surface area (Å²) in [4.78, 5) is 4.63. The first kappa shape index (κ1) is 25.9. The van der Waals surface area contributed by atoms with Crippen molar-refractivity contribution in [2.24, 2.45) is 12.0 Å². The van der Waals surface area contributed by atoms with Crippen LogP contribution in [0.4, 0.5) is 0 Å². The molecule has 0 spiro atoms.